The van der Waals surface area contributed by atoms with Crippen LogP contribution in [-0.2, 0) is 4.74 Å². The average molecular weight is 308 g/mol. The van der Waals surface area contributed by atoms with Crippen LogP contribution in [0.3, 0.4) is 0 Å². The van der Waals surface area contributed by atoms with Crippen molar-refractivity contribution in [3.8, 4) is 0 Å². The molecule has 3 unspecified atom stereocenters. The molecule has 3 atom stereocenters. The highest BCUT2D eigenvalue weighted by Crippen LogP contribution is 2.42. The quantitative estimate of drug-likeness (QED) is 0.641. The average Bonchev–Trinajstić information content (AvgIpc) is 2.61. The third-order valence-electron chi connectivity index (χ3n) is 3.04. The van der Waals surface area contributed by atoms with Crippen LogP contribution in [0.25, 0.3) is 0 Å². The third-order valence-corrected chi connectivity index (χ3v) is 3.04. The molecule has 0 radical (unpaired) electrons. The van der Waals surface area contributed by atoms with Crippen LogP contribution in [0, 0.1) is 0 Å². The minimum atomic E-state index is -4.01. The van der Waals surface area contributed by atoms with Gasteiger partial charge in [0.1, 0.15) is 11.9 Å². The van der Waals surface area contributed by atoms with Crippen molar-refractivity contribution in [1.82, 2.24) is 9.55 Å². The first-order valence-corrected chi connectivity index (χ1v) is 5.66. The first kappa shape index (κ1) is 15.3. The fourth-order valence-corrected chi connectivity index (χ4v) is 1.92. The van der Waals surface area contributed by atoms with E-state index in [0.29, 0.717) is 10.8 Å². The molecule has 1 aromatic heterocycles. The van der Waals surface area contributed by atoms with Crippen LogP contribution in [0.5, 0.6) is 0 Å². The lowest BCUT2D eigenvalue weighted by atomic mass is 10.1. The Hall–Kier alpha value is -2.14. The summed E-state index contributed by atoms with van der Waals surface area (Å²) in [6.07, 6.45) is -6.41. The summed E-state index contributed by atoms with van der Waals surface area (Å²) in [7, 11) is 0. The van der Waals surface area contributed by atoms with E-state index in [1.165, 1.54) is 0 Å². The topological polar surface area (TPSA) is 133 Å². The summed E-state index contributed by atoms with van der Waals surface area (Å²) in [6, 6.07) is 0. The second-order valence-electron chi connectivity index (χ2n) is 4.37. The van der Waals surface area contributed by atoms with Gasteiger partial charge in [-0.2, -0.15) is 4.98 Å². The SMILES string of the molecule is NC(=O)c1cn(C2OC(CO)C(F)(F)C2F)c(=O)nc1N. The molecule has 2 rings (SSSR count). The number of nitrogens with zero attached hydrogens (tertiary/aromatic N) is 2. The van der Waals surface area contributed by atoms with E-state index >= 15 is 0 Å². The molecule has 0 aromatic carbocycles. The molecule has 21 heavy (non-hydrogen) atoms. The summed E-state index contributed by atoms with van der Waals surface area (Å²) in [4.78, 5) is 25.9. The molecule has 5 N–H and O–H groups in total. The Morgan fingerprint density at radius 3 is 2.67 bits per heavy atom. The molecule has 1 aromatic rings. The number of hydrogen-bond acceptors (Lipinski definition) is 6. The zero-order chi connectivity index (χ0) is 15.9. The molecule has 0 spiro atoms. The third kappa shape index (κ3) is 2.34. The molecule has 1 aliphatic rings. The van der Waals surface area contributed by atoms with Crippen molar-refractivity contribution in [1.29, 1.82) is 0 Å². The Morgan fingerprint density at radius 2 is 2.19 bits per heavy atom. The lowest BCUT2D eigenvalue weighted by Crippen LogP contribution is -2.39. The maximum Gasteiger partial charge on any atom is 0.351 e. The van der Waals surface area contributed by atoms with Crippen molar-refractivity contribution in [3.05, 3.63) is 22.2 Å². The van der Waals surface area contributed by atoms with Crippen LogP contribution in [0.15, 0.2) is 11.0 Å². The standard InChI is InChI=1S/C10H11F3N4O4/c11-5-8(21-4(2-18)10(5,12)13)17-1-3(7(15)19)6(14)16-9(17)20/h1,4-5,8,18H,2H2,(H2,15,19)(H2,14,16,20). The van der Waals surface area contributed by atoms with Crippen molar-refractivity contribution < 1.29 is 27.8 Å². The van der Waals surface area contributed by atoms with Gasteiger partial charge in [0.05, 0.1) is 12.2 Å². The fraction of sp³-hybridized carbons (Fsp3) is 0.500. The normalized spacial score (nSPS) is 27.7. The van der Waals surface area contributed by atoms with Crippen LogP contribution in [-0.4, -0.2) is 45.4 Å². The molecule has 1 aliphatic heterocycles. The predicted molar refractivity (Wildman–Crippen MR) is 62.3 cm³/mol. The van der Waals surface area contributed by atoms with Gasteiger partial charge in [-0.05, 0) is 0 Å². The monoisotopic (exact) mass is 308 g/mol. The van der Waals surface area contributed by atoms with Gasteiger partial charge in [0.2, 0.25) is 6.17 Å². The van der Waals surface area contributed by atoms with Gasteiger partial charge < -0.3 is 21.3 Å². The van der Waals surface area contributed by atoms with Crippen LogP contribution in [0.2, 0.25) is 0 Å². The van der Waals surface area contributed by atoms with E-state index < -0.39 is 54.0 Å². The summed E-state index contributed by atoms with van der Waals surface area (Å²) in [5.74, 6) is -5.59. The number of rotatable bonds is 3. The molecular weight excluding hydrogens is 297 g/mol. The lowest BCUT2D eigenvalue weighted by Gasteiger charge is -2.17. The van der Waals surface area contributed by atoms with Gasteiger partial charge in [0.15, 0.2) is 6.23 Å². The van der Waals surface area contributed by atoms with Gasteiger partial charge in [-0.25, -0.2) is 18.0 Å². The van der Waals surface area contributed by atoms with Crippen LogP contribution < -0.4 is 17.2 Å². The Bertz CT molecular complexity index is 635. The van der Waals surface area contributed by atoms with Crippen molar-refractivity contribution in [2.75, 3.05) is 12.3 Å². The maximum absolute atomic E-state index is 13.8. The number of anilines is 1. The zero-order valence-electron chi connectivity index (χ0n) is 10.4. The van der Waals surface area contributed by atoms with E-state index in [9.17, 15) is 22.8 Å². The number of nitrogen functional groups attached to an aromatic ring is 1. The molecule has 0 aliphatic carbocycles. The van der Waals surface area contributed by atoms with E-state index in [2.05, 4.69) is 9.72 Å². The number of nitrogens with two attached hydrogens (primary N) is 2. The minimum Gasteiger partial charge on any atom is -0.393 e. The summed E-state index contributed by atoms with van der Waals surface area (Å²) >= 11 is 0. The van der Waals surface area contributed by atoms with Crippen molar-refractivity contribution >= 4 is 11.7 Å². The second kappa shape index (κ2) is 5.00. The van der Waals surface area contributed by atoms with Crippen molar-refractivity contribution in [3.63, 3.8) is 0 Å². The molecule has 1 saturated heterocycles. The van der Waals surface area contributed by atoms with Gasteiger partial charge >= 0.3 is 11.6 Å². The molecule has 1 fully saturated rings. The number of carbonyl (C=O) groups excluding carboxylic acids is 1. The molecule has 116 valence electrons. The molecule has 0 saturated carbocycles. The number of aliphatic hydroxyl groups excluding tert-OH is 1. The molecule has 0 bridgehead atoms. The Kier molecular flexibility index (Phi) is 3.63. The van der Waals surface area contributed by atoms with Gasteiger partial charge in [0.25, 0.3) is 5.91 Å². The summed E-state index contributed by atoms with van der Waals surface area (Å²) in [5.41, 5.74) is 8.62. The van der Waals surface area contributed by atoms with Crippen LogP contribution in [0.4, 0.5) is 19.0 Å². The first-order valence-electron chi connectivity index (χ1n) is 5.66. The highest BCUT2D eigenvalue weighted by Gasteiger charge is 2.60. The minimum absolute atomic E-state index is 0.352. The number of alkyl halides is 3. The van der Waals surface area contributed by atoms with Gasteiger partial charge in [0, 0.05) is 6.20 Å². The number of aromatic nitrogens is 2. The second-order valence-corrected chi connectivity index (χ2v) is 4.37. The van der Waals surface area contributed by atoms with E-state index in [4.69, 9.17) is 16.6 Å². The molecule has 8 nitrogen and oxygen atoms in total. The number of ether oxygens (including phenoxy) is 1. The van der Waals surface area contributed by atoms with Gasteiger partial charge in [-0.15, -0.1) is 0 Å². The highest BCUT2D eigenvalue weighted by molar-refractivity contribution is 5.96. The van der Waals surface area contributed by atoms with E-state index in [1.54, 1.807) is 0 Å². The zero-order valence-corrected chi connectivity index (χ0v) is 10.4. The molecule has 2 heterocycles. The lowest BCUT2D eigenvalue weighted by molar-refractivity contribution is -0.111. The summed E-state index contributed by atoms with van der Waals surface area (Å²) in [5, 5.41) is 8.77. The number of aliphatic hydroxyl groups is 1. The number of hydrogen-bond donors (Lipinski definition) is 3. The van der Waals surface area contributed by atoms with E-state index in [1.807, 2.05) is 0 Å². The maximum atomic E-state index is 13.8. The van der Waals surface area contributed by atoms with Gasteiger partial charge in [-0.3, -0.25) is 9.36 Å². The first-order chi connectivity index (χ1) is 9.70. The number of primary amides is 1. The van der Waals surface area contributed by atoms with E-state index in [-0.39, 0.29) is 0 Å². The molecule has 11 heteroatoms. The predicted octanol–water partition coefficient (Wildman–Crippen LogP) is -1.21. The highest BCUT2D eigenvalue weighted by atomic mass is 19.3. The largest absolute Gasteiger partial charge is 0.393 e. The Balaban J connectivity index is 2.51. The molecule has 1 amide bonds. The van der Waals surface area contributed by atoms with Crippen molar-refractivity contribution in [2.24, 2.45) is 5.73 Å². The summed E-state index contributed by atoms with van der Waals surface area (Å²) in [6.45, 7) is -1.15. The number of halogens is 3. The Morgan fingerprint density at radius 1 is 1.57 bits per heavy atom. The van der Waals surface area contributed by atoms with Crippen LogP contribution in [0.1, 0.15) is 16.6 Å². The molecular formula is C10H11F3N4O4. The smallest absolute Gasteiger partial charge is 0.351 e. The van der Waals surface area contributed by atoms with E-state index in [0.717, 1.165) is 0 Å². The number of carbonyl (C=O) groups is 1. The number of amides is 1. The summed E-state index contributed by atoms with van der Waals surface area (Å²) < 4.78 is 45.8. The van der Waals surface area contributed by atoms with Crippen molar-refractivity contribution in [2.45, 2.75) is 24.4 Å². The van der Waals surface area contributed by atoms with Gasteiger partial charge in [-0.1, -0.05) is 0 Å². The fourth-order valence-electron chi connectivity index (χ4n) is 1.92. The Labute approximate surface area is 115 Å². The van der Waals surface area contributed by atoms with Crippen LogP contribution >= 0.6 is 0 Å².